The molecule has 0 aromatic heterocycles. The summed E-state index contributed by atoms with van der Waals surface area (Å²) in [6.07, 6.45) is 2.04. The highest BCUT2D eigenvalue weighted by Gasteiger charge is 2.27. The molecule has 100 valence electrons. The third-order valence-corrected chi connectivity index (χ3v) is 3.03. The summed E-state index contributed by atoms with van der Waals surface area (Å²) in [4.78, 5) is 13.3. The molecule has 17 heavy (non-hydrogen) atoms. The second kappa shape index (κ2) is 7.90. The monoisotopic (exact) mass is 263 g/mol. The van der Waals surface area contributed by atoms with Crippen molar-refractivity contribution in [3.63, 3.8) is 0 Å². The Labute approximate surface area is 108 Å². The highest BCUT2D eigenvalue weighted by molar-refractivity contribution is 6.22. The Morgan fingerprint density at radius 2 is 2.06 bits per heavy atom. The normalized spacial score (nSPS) is 20.6. The van der Waals surface area contributed by atoms with Crippen molar-refractivity contribution >= 4 is 17.5 Å². The molecule has 0 bridgehead atoms. The SMILES string of the molecule is CCOC(CCCN1CC(Cl)CC1=O)OCC. The summed E-state index contributed by atoms with van der Waals surface area (Å²) in [7, 11) is 0. The number of hydrogen-bond donors (Lipinski definition) is 0. The first kappa shape index (κ1) is 14.7. The van der Waals surface area contributed by atoms with E-state index >= 15 is 0 Å². The quantitative estimate of drug-likeness (QED) is 0.497. The molecule has 1 aliphatic rings. The van der Waals surface area contributed by atoms with Gasteiger partial charge in [-0.2, -0.15) is 0 Å². The van der Waals surface area contributed by atoms with Gasteiger partial charge in [-0.15, -0.1) is 11.6 Å². The summed E-state index contributed by atoms with van der Waals surface area (Å²) in [5, 5.41) is -0.0166. The Balaban J connectivity index is 2.19. The van der Waals surface area contributed by atoms with Gasteiger partial charge in [0.15, 0.2) is 6.29 Å². The van der Waals surface area contributed by atoms with Crippen molar-refractivity contribution in [3.05, 3.63) is 0 Å². The van der Waals surface area contributed by atoms with Crippen LogP contribution in [0.1, 0.15) is 33.1 Å². The van der Waals surface area contributed by atoms with Gasteiger partial charge in [0.25, 0.3) is 0 Å². The summed E-state index contributed by atoms with van der Waals surface area (Å²) >= 11 is 5.93. The lowest BCUT2D eigenvalue weighted by atomic mass is 10.3. The maximum absolute atomic E-state index is 11.5. The molecule has 1 amide bonds. The third kappa shape index (κ3) is 5.23. The van der Waals surface area contributed by atoms with Gasteiger partial charge in [0.05, 0.1) is 5.38 Å². The van der Waals surface area contributed by atoms with Gasteiger partial charge in [0, 0.05) is 39.1 Å². The van der Waals surface area contributed by atoms with Gasteiger partial charge in [-0.05, 0) is 20.3 Å². The van der Waals surface area contributed by atoms with Crippen LogP contribution in [0.3, 0.4) is 0 Å². The summed E-state index contributed by atoms with van der Waals surface area (Å²) in [5.41, 5.74) is 0. The van der Waals surface area contributed by atoms with Gasteiger partial charge >= 0.3 is 0 Å². The lowest BCUT2D eigenvalue weighted by Gasteiger charge is -2.19. The molecule has 1 saturated heterocycles. The van der Waals surface area contributed by atoms with E-state index in [1.807, 2.05) is 18.7 Å². The van der Waals surface area contributed by atoms with E-state index in [4.69, 9.17) is 21.1 Å². The Kier molecular flexibility index (Phi) is 6.85. The lowest BCUT2D eigenvalue weighted by Crippen LogP contribution is -2.28. The van der Waals surface area contributed by atoms with Crippen molar-refractivity contribution < 1.29 is 14.3 Å². The molecule has 1 atom stereocenters. The van der Waals surface area contributed by atoms with Crippen LogP contribution in [0.5, 0.6) is 0 Å². The zero-order valence-electron chi connectivity index (χ0n) is 10.7. The average molecular weight is 264 g/mol. The Hall–Kier alpha value is -0.320. The first-order valence-electron chi connectivity index (χ1n) is 6.32. The van der Waals surface area contributed by atoms with Gasteiger partial charge in [-0.25, -0.2) is 0 Å². The summed E-state index contributed by atoms with van der Waals surface area (Å²) in [6.45, 7) is 6.63. The standard InChI is InChI=1S/C12H22ClNO3/c1-3-16-12(17-4-2)6-5-7-14-9-10(13)8-11(14)15/h10,12H,3-9H2,1-2H3. The minimum atomic E-state index is -0.144. The van der Waals surface area contributed by atoms with Crippen LogP contribution in [0.2, 0.25) is 0 Å². The number of nitrogens with zero attached hydrogens (tertiary/aromatic N) is 1. The molecular weight excluding hydrogens is 242 g/mol. The molecule has 0 aromatic carbocycles. The molecule has 1 fully saturated rings. The van der Waals surface area contributed by atoms with Crippen LogP contribution in [-0.4, -0.2) is 48.8 Å². The van der Waals surface area contributed by atoms with Crippen molar-refractivity contribution in [3.8, 4) is 0 Å². The van der Waals surface area contributed by atoms with Crippen molar-refractivity contribution in [1.29, 1.82) is 0 Å². The van der Waals surface area contributed by atoms with Gasteiger partial charge in [-0.1, -0.05) is 0 Å². The average Bonchev–Trinajstić information content (AvgIpc) is 2.58. The zero-order chi connectivity index (χ0) is 12.7. The van der Waals surface area contributed by atoms with Crippen molar-refractivity contribution in [2.75, 3.05) is 26.3 Å². The first-order chi connectivity index (χ1) is 8.17. The number of carbonyl (C=O) groups is 1. The van der Waals surface area contributed by atoms with Gasteiger partial charge < -0.3 is 14.4 Å². The van der Waals surface area contributed by atoms with Crippen LogP contribution < -0.4 is 0 Å². The first-order valence-corrected chi connectivity index (χ1v) is 6.76. The highest BCUT2D eigenvalue weighted by Crippen LogP contribution is 2.17. The number of likely N-dealkylation sites (tertiary alicyclic amines) is 1. The number of alkyl halides is 1. The maximum Gasteiger partial charge on any atom is 0.224 e. The molecule has 0 aromatic rings. The fourth-order valence-corrected chi connectivity index (χ4v) is 2.27. The molecular formula is C12H22ClNO3. The van der Waals surface area contributed by atoms with Crippen molar-refractivity contribution in [1.82, 2.24) is 4.90 Å². The van der Waals surface area contributed by atoms with Gasteiger partial charge in [0.2, 0.25) is 5.91 Å². The molecule has 0 radical (unpaired) electrons. The van der Waals surface area contributed by atoms with Crippen LogP contribution >= 0.6 is 11.6 Å². The zero-order valence-corrected chi connectivity index (χ0v) is 11.4. The van der Waals surface area contributed by atoms with E-state index in [0.717, 1.165) is 19.4 Å². The largest absolute Gasteiger partial charge is 0.353 e. The molecule has 1 heterocycles. The summed E-state index contributed by atoms with van der Waals surface area (Å²) < 4.78 is 10.9. The van der Waals surface area contributed by atoms with Gasteiger partial charge in [-0.3, -0.25) is 4.79 Å². The van der Waals surface area contributed by atoms with Crippen LogP contribution in [0, 0.1) is 0 Å². The highest BCUT2D eigenvalue weighted by atomic mass is 35.5. The van der Waals surface area contributed by atoms with Crippen molar-refractivity contribution in [2.45, 2.75) is 44.8 Å². The Bertz CT molecular complexity index is 232. The van der Waals surface area contributed by atoms with E-state index in [9.17, 15) is 4.79 Å². The number of carbonyl (C=O) groups excluding carboxylic acids is 1. The fourth-order valence-electron chi connectivity index (χ4n) is 1.98. The van der Waals surface area contributed by atoms with Crippen LogP contribution in [0.15, 0.2) is 0 Å². The predicted octanol–water partition coefficient (Wildman–Crippen LogP) is 2.01. The second-order valence-electron chi connectivity index (χ2n) is 4.12. The Morgan fingerprint density at radius 3 is 2.53 bits per heavy atom. The smallest absolute Gasteiger partial charge is 0.224 e. The predicted molar refractivity (Wildman–Crippen MR) is 67.1 cm³/mol. The van der Waals surface area contributed by atoms with E-state index < -0.39 is 0 Å². The van der Waals surface area contributed by atoms with E-state index in [1.54, 1.807) is 0 Å². The number of amides is 1. The lowest BCUT2D eigenvalue weighted by molar-refractivity contribution is -0.141. The van der Waals surface area contributed by atoms with Crippen LogP contribution in [0.4, 0.5) is 0 Å². The topological polar surface area (TPSA) is 38.8 Å². The molecule has 0 spiro atoms. The molecule has 1 rings (SSSR count). The number of halogens is 1. The molecule has 4 nitrogen and oxygen atoms in total. The Morgan fingerprint density at radius 1 is 1.41 bits per heavy atom. The molecule has 0 N–H and O–H groups in total. The van der Waals surface area contributed by atoms with E-state index in [1.165, 1.54) is 0 Å². The second-order valence-corrected chi connectivity index (χ2v) is 4.74. The molecule has 5 heteroatoms. The number of rotatable bonds is 8. The third-order valence-electron chi connectivity index (χ3n) is 2.74. The molecule has 0 aliphatic carbocycles. The summed E-state index contributed by atoms with van der Waals surface area (Å²) in [6, 6.07) is 0. The van der Waals surface area contributed by atoms with E-state index in [-0.39, 0.29) is 17.6 Å². The van der Waals surface area contributed by atoms with Crippen molar-refractivity contribution in [2.24, 2.45) is 0 Å². The van der Waals surface area contributed by atoms with Gasteiger partial charge in [0.1, 0.15) is 0 Å². The maximum atomic E-state index is 11.5. The molecule has 1 unspecified atom stereocenters. The van der Waals surface area contributed by atoms with E-state index in [0.29, 0.717) is 26.2 Å². The number of ether oxygens (including phenoxy) is 2. The fraction of sp³-hybridized carbons (Fsp3) is 0.917. The van der Waals surface area contributed by atoms with E-state index in [2.05, 4.69) is 0 Å². The molecule has 1 aliphatic heterocycles. The number of hydrogen-bond acceptors (Lipinski definition) is 3. The minimum Gasteiger partial charge on any atom is -0.353 e. The van der Waals surface area contributed by atoms with Crippen LogP contribution in [0.25, 0.3) is 0 Å². The van der Waals surface area contributed by atoms with Crippen LogP contribution in [-0.2, 0) is 14.3 Å². The molecule has 0 saturated carbocycles. The minimum absolute atomic E-state index is 0.0166. The summed E-state index contributed by atoms with van der Waals surface area (Å²) in [5.74, 6) is 0.161.